The Morgan fingerprint density at radius 3 is 2.64 bits per heavy atom. The highest BCUT2D eigenvalue weighted by molar-refractivity contribution is 5.95. The first-order chi connectivity index (χ1) is 10.7. The van der Waals surface area contributed by atoms with Gasteiger partial charge in [-0.2, -0.15) is 5.10 Å². The van der Waals surface area contributed by atoms with E-state index in [2.05, 4.69) is 15.2 Å². The van der Waals surface area contributed by atoms with E-state index in [0.717, 1.165) is 30.7 Å². The van der Waals surface area contributed by atoms with Crippen LogP contribution in [0.15, 0.2) is 24.3 Å². The molecule has 1 heterocycles. The van der Waals surface area contributed by atoms with Gasteiger partial charge in [0.05, 0.1) is 6.61 Å². The van der Waals surface area contributed by atoms with Crippen molar-refractivity contribution in [3.8, 4) is 11.4 Å². The van der Waals surface area contributed by atoms with E-state index in [-0.39, 0.29) is 12.5 Å². The molecule has 0 radical (unpaired) electrons. The summed E-state index contributed by atoms with van der Waals surface area (Å²) in [4.78, 5) is 18.6. The van der Waals surface area contributed by atoms with Crippen molar-refractivity contribution in [1.82, 2.24) is 20.1 Å². The highest BCUT2D eigenvalue weighted by atomic mass is 16.3. The molecule has 2 N–H and O–H groups in total. The third-order valence-corrected chi connectivity index (χ3v) is 3.85. The number of benzene rings is 1. The molecule has 0 unspecified atom stereocenters. The van der Waals surface area contributed by atoms with Gasteiger partial charge >= 0.3 is 0 Å². The van der Waals surface area contributed by atoms with Crippen LogP contribution in [0.25, 0.3) is 11.4 Å². The van der Waals surface area contributed by atoms with Gasteiger partial charge < -0.3 is 10.0 Å². The number of aliphatic hydroxyl groups excluding tert-OH is 1. The highest BCUT2D eigenvalue weighted by Gasteiger charge is 2.32. The molecular formula is C16H20N4O2. The third-order valence-electron chi connectivity index (χ3n) is 3.85. The van der Waals surface area contributed by atoms with E-state index in [1.165, 1.54) is 0 Å². The molecule has 22 heavy (non-hydrogen) atoms. The van der Waals surface area contributed by atoms with Gasteiger partial charge in [-0.05, 0) is 25.0 Å². The average molecular weight is 300 g/mol. The van der Waals surface area contributed by atoms with E-state index in [0.29, 0.717) is 24.0 Å². The topological polar surface area (TPSA) is 82.1 Å². The molecule has 0 spiro atoms. The third kappa shape index (κ3) is 3.01. The summed E-state index contributed by atoms with van der Waals surface area (Å²) in [7, 11) is 0. The molecule has 0 bridgehead atoms. The normalized spacial score (nSPS) is 14.1. The van der Waals surface area contributed by atoms with E-state index >= 15 is 0 Å². The van der Waals surface area contributed by atoms with Gasteiger partial charge in [-0.15, -0.1) is 0 Å². The van der Waals surface area contributed by atoms with Gasteiger partial charge in [0.2, 0.25) is 0 Å². The lowest BCUT2D eigenvalue weighted by Gasteiger charge is -2.21. The van der Waals surface area contributed by atoms with E-state index in [9.17, 15) is 4.79 Å². The zero-order valence-electron chi connectivity index (χ0n) is 12.6. The molecule has 3 rings (SSSR count). The van der Waals surface area contributed by atoms with Crippen molar-refractivity contribution in [3.63, 3.8) is 0 Å². The Bertz CT molecular complexity index is 646. The second-order valence-electron chi connectivity index (χ2n) is 5.49. The van der Waals surface area contributed by atoms with Gasteiger partial charge in [0.15, 0.2) is 5.82 Å². The molecule has 1 aromatic carbocycles. The number of amides is 1. The number of aromatic nitrogens is 3. The standard InChI is InChI=1S/C16H20N4O2/c1-2-14-17-15(19-18-14)11-3-5-12(6-4-11)16(22)20(9-10-21)13-7-8-13/h3-6,13,21H,2,7-10H2,1H3,(H,17,18,19). The minimum Gasteiger partial charge on any atom is -0.395 e. The van der Waals surface area contributed by atoms with Crippen LogP contribution in [0.2, 0.25) is 0 Å². The molecule has 2 aromatic rings. The number of aliphatic hydroxyl groups is 1. The molecule has 1 aliphatic carbocycles. The van der Waals surface area contributed by atoms with Crippen LogP contribution in [0.4, 0.5) is 0 Å². The highest BCUT2D eigenvalue weighted by Crippen LogP contribution is 2.28. The van der Waals surface area contributed by atoms with E-state index in [1.807, 2.05) is 19.1 Å². The van der Waals surface area contributed by atoms with Crippen LogP contribution in [0.5, 0.6) is 0 Å². The van der Waals surface area contributed by atoms with Gasteiger partial charge in [0.25, 0.3) is 5.91 Å². The van der Waals surface area contributed by atoms with Gasteiger partial charge in [-0.1, -0.05) is 19.1 Å². The number of hydrogen-bond donors (Lipinski definition) is 2. The smallest absolute Gasteiger partial charge is 0.254 e. The van der Waals surface area contributed by atoms with Crippen LogP contribution in [-0.4, -0.2) is 50.3 Å². The minimum absolute atomic E-state index is 0.00267. The lowest BCUT2D eigenvalue weighted by atomic mass is 10.1. The molecule has 6 nitrogen and oxygen atoms in total. The van der Waals surface area contributed by atoms with Crippen molar-refractivity contribution in [3.05, 3.63) is 35.7 Å². The Balaban J connectivity index is 1.76. The van der Waals surface area contributed by atoms with Crippen LogP contribution < -0.4 is 0 Å². The number of rotatable bonds is 6. The molecule has 1 fully saturated rings. The van der Waals surface area contributed by atoms with Crippen molar-refractivity contribution in [2.75, 3.05) is 13.2 Å². The first kappa shape index (κ1) is 14.7. The molecule has 0 aliphatic heterocycles. The van der Waals surface area contributed by atoms with E-state index in [4.69, 9.17) is 5.11 Å². The van der Waals surface area contributed by atoms with Crippen molar-refractivity contribution >= 4 is 5.91 Å². The molecule has 1 aromatic heterocycles. The largest absolute Gasteiger partial charge is 0.395 e. The van der Waals surface area contributed by atoms with Gasteiger partial charge in [0, 0.05) is 30.1 Å². The predicted molar refractivity (Wildman–Crippen MR) is 82.3 cm³/mol. The lowest BCUT2D eigenvalue weighted by molar-refractivity contribution is 0.0707. The number of aromatic amines is 1. The number of H-pyrrole nitrogens is 1. The lowest BCUT2D eigenvalue weighted by Crippen LogP contribution is -2.35. The molecule has 6 heteroatoms. The fourth-order valence-electron chi connectivity index (χ4n) is 2.45. The molecule has 1 amide bonds. The fraction of sp³-hybridized carbons (Fsp3) is 0.438. The summed E-state index contributed by atoms with van der Waals surface area (Å²) in [6, 6.07) is 7.61. The van der Waals surface area contributed by atoms with Gasteiger partial charge in [-0.3, -0.25) is 9.89 Å². The van der Waals surface area contributed by atoms with Crippen molar-refractivity contribution < 1.29 is 9.90 Å². The Morgan fingerprint density at radius 1 is 1.36 bits per heavy atom. The summed E-state index contributed by atoms with van der Waals surface area (Å²) >= 11 is 0. The number of carbonyl (C=O) groups is 1. The van der Waals surface area contributed by atoms with E-state index < -0.39 is 0 Å². The van der Waals surface area contributed by atoms with Crippen LogP contribution >= 0.6 is 0 Å². The Kier molecular flexibility index (Phi) is 4.20. The second kappa shape index (κ2) is 6.27. The van der Waals surface area contributed by atoms with Gasteiger partial charge in [0.1, 0.15) is 5.82 Å². The zero-order chi connectivity index (χ0) is 15.5. The summed E-state index contributed by atoms with van der Waals surface area (Å²) < 4.78 is 0. The maximum absolute atomic E-state index is 12.5. The molecular weight excluding hydrogens is 280 g/mol. The molecule has 0 saturated heterocycles. The van der Waals surface area contributed by atoms with Crippen LogP contribution in [-0.2, 0) is 6.42 Å². The SMILES string of the molecule is CCc1nc(-c2ccc(C(=O)N(CCO)C3CC3)cc2)n[nH]1. The monoisotopic (exact) mass is 300 g/mol. The minimum atomic E-state index is -0.0210. The summed E-state index contributed by atoms with van der Waals surface area (Å²) in [5, 5.41) is 16.2. The Hall–Kier alpha value is -2.21. The van der Waals surface area contributed by atoms with Crippen LogP contribution in [0.3, 0.4) is 0 Å². The summed E-state index contributed by atoms with van der Waals surface area (Å²) in [6.45, 7) is 2.41. The molecule has 0 atom stereocenters. The van der Waals surface area contributed by atoms with Crippen molar-refractivity contribution in [2.45, 2.75) is 32.2 Å². The number of aryl methyl sites for hydroxylation is 1. The predicted octanol–water partition coefficient (Wildman–Crippen LogP) is 1.63. The van der Waals surface area contributed by atoms with Crippen LogP contribution in [0.1, 0.15) is 35.9 Å². The quantitative estimate of drug-likeness (QED) is 0.849. The summed E-state index contributed by atoms with van der Waals surface area (Å²) in [5.74, 6) is 1.47. The van der Waals surface area contributed by atoms with E-state index in [1.54, 1.807) is 17.0 Å². The number of hydrogen-bond acceptors (Lipinski definition) is 4. The number of nitrogens with zero attached hydrogens (tertiary/aromatic N) is 3. The van der Waals surface area contributed by atoms with Crippen molar-refractivity contribution in [1.29, 1.82) is 0 Å². The summed E-state index contributed by atoms with van der Waals surface area (Å²) in [6.07, 6.45) is 2.86. The first-order valence-electron chi connectivity index (χ1n) is 7.66. The molecule has 1 aliphatic rings. The zero-order valence-corrected chi connectivity index (χ0v) is 12.6. The number of carbonyl (C=O) groups excluding carboxylic acids is 1. The maximum Gasteiger partial charge on any atom is 0.254 e. The summed E-state index contributed by atoms with van der Waals surface area (Å²) in [5.41, 5.74) is 1.52. The van der Waals surface area contributed by atoms with Gasteiger partial charge in [-0.25, -0.2) is 4.98 Å². The second-order valence-corrected chi connectivity index (χ2v) is 5.49. The molecule has 1 saturated carbocycles. The fourth-order valence-corrected chi connectivity index (χ4v) is 2.45. The Labute approximate surface area is 129 Å². The molecule has 116 valence electrons. The average Bonchev–Trinajstić information content (AvgIpc) is 3.28. The van der Waals surface area contributed by atoms with Crippen LogP contribution in [0, 0.1) is 0 Å². The van der Waals surface area contributed by atoms with Crippen molar-refractivity contribution in [2.24, 2.45) is 0 Å². The Morgan fingerprint density at radius 2 is 2.09 bits per heavy atom. The number of nitrogens with one attached hydrogen (secondary N) is 1. The maximum atomic E-state index is 12.5. The first-order valence-corrected chi connectivity index (χ1v) is 7.66.